The van der Waals surface area contributed by atoms with Gasteiger partial charge in [-0.2, -0.15) is 0 Å². The Kier molecular flexibility index (Phi) is 2.85. The molecule has 0 unspecified atom stereocenters. The average Bonchev–Trinajstić information content (AvgIpc) is 2.15. The first-order valence-corrected chi connectivity index (χ1v) is 4.24. The van der Waals surface area contributed by atoms with Crippen molar-refractivity contribution < 1.29 is 4.79 Å². The van der Waals surface area contributed by atoms with Crippen LogP contribution in [0.4, 0.5) is 11.6 Å². The maximum Gasteiger partial charge on any atom is 0.256 e. The van der Waals surface area contributed by atoms with Crippen LogP contribution < -0.4 is 16.8 Å². The Morgan fingerprint density at radius 1 is 1.50 bits per heavy atom. The minimum Gasteiger partial charge on any atom is -0.383 e. The summed E-state index contributed by atoms with van der Waals surface area (Å²) in [7, 11) is 1.65. The van der Waals surface area contributed by atoms with Gasteiger partial charge in [0.1, 0.15) is 23.0 Å². The van der Waals surface area contributed by atoms with Crippen molar-refractivity contribution >= 4 is 17.5 Å². The van der Waals surface area contributed by atoms with Gasteiger partial charge in [0.05, 0.1) is 0 Å². The normalized spacial score (nSPS) is 9.86. The van der Waals surface area contributed by atoms with Crippen LogP contribution >= 0.6 is 0 Å². The van der Waals surface area contributed by atoms with Crippen LogP contribution in [-0.4, -0.2) is 22.9 Å². The first-order chi connectivity index (χ1) is 6.60. The number of nitrogens with two attached hydrogens (primary N) is 2. The number of aromatic nitrogens is 2. The highest BCUT2D eigenvalue weighted by Crippen LogP contribution is 2.17. The van der Waals surface area contributed by atoms with E-state index in [1.165, 1.54) is 0 Å². The predicted molar refractivity (Wildman–Crippen MR) is 53.9 cm³/mol. The summed E-state index contributed by atoms with van der Waals surface area (Å²) < 4.78 is 0. The number of nitrogens with zero attached hydrogens (tertiary/aromatic N) is 2. The first kappa shape index (κ1) is 10.2. The van der Waals surface area contributed by atoms with Crippen LogP contribution in [0.15, 0.2) is 0 Å². The van der Waals surface area contributed by atoms with Crippen molar-refractivity contribution in [1.82, 2.24) is 9.97 Å². The molecule has 0 aliphatic rings. The zero-order valence-electron chi connectivity index (χ0n) is 8.16. The fourth-order valence-electron chi connectivity index (χ4n) is 1.11. The van der Waals surface area contributed by atoms with E-state index in [-0.39, 0.29) is 11.4 Å². The van der Waals surface area contributed by atoms with Crippen LogP contribution in [0.2, 0.25) is 0 Å². The van der Waals surface area contributed by atoms with Crippen LogP contribution in [0, 0.1) is 0 Å². The number of primary amides is 1. The molecular formula is C8H13N5O. The topological polar surface area (TPSA) is 107 Å². The van der Waals surface area contributed by atoms with Gasteiger partial charge in [0, 0.05) is 13.5 Å². The van der Waals surface area contributed by atoms with E-state index in [0.717, 1.165) is 0 Å². The first-order valence-electron chi connectivity index (χ1n) is 4.24. The third kappa shape index (κ3) is 1.73. The number of amides is 1. The molecule has 0 fully saturated rings. The Bertz CT molecular complexity index is 363. The molecule has 76 valence electrons. The van der Waals surface area contributed by atoms with Gasteiger partial charge >= 0.3 is 0 Å². The molecule has 14 heavy (non-hydrogen) atoms. The second-order valence-electron chi connectivity index (χ2n) is 2.72. The number of aryl methyl sites for hydroxylation is 1. The summed E-state index contributed by atoms with van der Waals surface area (Å²) in [4.78, 5) is 19.1. The van der Waals surface area contributed by atoms with Crippen LogP contribution in [0.3, 0.4) is 0 Å². The van der Waals surface area contributed by atoms with E-state index >= 15 is 0 Å². The van der Waals surface area contributed by atoms with E-state index in [1.54, 1.807) is 7.05 Å². The maximum absolute atomic E-state index is 11.0. The van der Waals surface area contributed by atoms with Crippen LogP contribution in [0.25, 0.3) is 0 Å². The SMILES string of the molecule is CCc1nc(N)c(C(N)=O)c(NC)n1. The second kappa shape index (κ2) is 3.91. The van der Waals surface area contributed by atoms with Crippen LogP contribution in [0.1, 0.15) is 23.1 Å². The Labute approximate surface area is 81.7 Å². The summed E-state index contributed by atoms with van der Waals surface area (Å²) in [5.41, 5.74) is 10.9. The van der Waals surface area contributed by atoms with Gasteiger partial charge < -0.3 is 16.8 Å². The summed E-state index contributed by atoms with van der Waals surface area (Å²) >= 11 is 0. The lowest BCUT2D eigenvalue weighted by molar-refractivity contribution is 0.100. The molecule has 0 aromatic carbocycles. The number of carbonyl (C=O) groups is 1. The number of carbonyl (C=O) groups excluding carboxylic acids is 1. The highest BCUT2D eigenvalue weighted by atomic mass is 16.1. The molecule has 1 rings (SSSR count). The monoisotopic (exact) mass is 195 g/mol. The average molecular weight is 195 g/mol. The molecular weight excluding hydrogens is 182 g/mol. The number of hydrogen-bond acceptors (Lipinski definition) is 5. The third-order valence-corrected chi connectivity index (χ3v) is 1.78. The Morgan fingerprint density at radius 3 is 2.57 bits per heavy atom. The summed E-state index contributed by atoms with van der Waals surface area (Å²) in [5, 5.41) is 2.76. The molecule has 0 radical (unpaired) electrons. The van der Waals surface area contributed by atoms with Gasteiger partial charge in [-0.15, -0.1) is 0 Å². The summed E-state index contributed by atoms with van der Waals surface area (Å²) in [6.45, 7) is 1.90. The lowest BCUT2D eigenvalue weighted by atomic mass is 10.2. The Morgan fingerprint density at radius 2 is 2.14 bits per heavy atom. The van der Waals surface area contributed by atoms with Gasteiger partial charge in [-0.1, -0.05) is 6.92 Å². The van der Waals surface area contributed by atoms with Crippen LogP contribution in [-0.2, 0) is 6.42 Å². The molecule has 0 atom stereocenters. The zero-order valence-corrected chi connectivity index (χ0v) is 8.16. The molecule has 6 heteroatoms. The Balaban J connectivity index is 3.34. The number of nitrogens with one attached hydrogen (secondary N) is 1. The predicted octanol–water partition coefficient (Wildman–Crippen LogP) is -0.238. The smallest absolute Gasteiger partial charge is 0.256 e. The summed E-state index contributed by atoms with van der Waals surface area (Å²) in [6, 6.07) is 0. The standard InChI is InChI=1S/C8H13N5O/c1-3-4-12-6(9)5(7(10)14)8(11-2)13-4/h3H2,1-2H3,(H2,10,14)(H3,9,11,12,13). The Hall–Kier alpha value is -1.85. The minimum atomic E-state index is -0.630. The maximum atomic E-state index is 11.0. The van der Waals surface area contributed by atoms with Gasteiger partial charge in [0.25, 0.3) is 5.91 Å². The molecule has 0 aliphatic carbocycles. The molecule has 1 heterocycles. The van der Waals surface area contributed by atoms with E-state index in [1.807, 2.05) is 6.92 Å². The van der Waals surface area contributed by atoms with Crippen molar-refractivity contribution in [3.8, 4) is 0 Å². The van der Waals surface area contributed by atoms with E-state index in [2.05, 4.69) is 15.3 Å². The van der Waals surface area contributed by atoms with E-state index < -0.39 is 5.91 Å². The lowest BCUT2D eigenvalue weighted by Crippen LogP contribution is -2.19. The molecule has 0 saturated carbocycles. The molecule has 1 aromatic heterocycles. The fourth-order valence-corrected chi connectivity index (χ4v) is 1.11. The molecule has 0 saturated heterocycles. The van der Waals surface area contributed by atoms with Gasteiger partial charge in [-0.05, 0) is 0 Å². The molecule has 0 bridgehead atoms. The lowest BCUT2D eigenvalue weighted by Gasteiger charge is -2.08. The van der Waals surface area contributed by atoms with Crippen molar-refractivity contribution in [3.63, 3.8) is 0 Å². The molecule has 1 aromatic rings. The number of hydrogen-bond donors (Lipinski definition) is 3. The van der Waals surface area contributed by atoms with Gasteiger partial charge in [0.2, 0.25) is 0 Å². The largest absolute Gasteiger partial charge is 0.383 e. The summed E-state index contributed by atoms with van der Waals surface area (Å²) in [5.74, 6) is 0.446. The van der Waals surface area contributed by atoms with Gasteiger partial charge in [-0.25, -0.2) is 9.97 Å². The summed E-state index contributed by atoms with van der Waals surface area (Å²) in [6.07, 6.45) is 0.651. The molecule has 0 spiro atoms. The number of anilines is 2. The van der Waals surface area contributed by atoms with Crippen molar-refractivity contribution in [2.24, 2.45) is 5.73 Å². The van der Waals surface area contributed by atoms with E-state index in [0.29, 0.717) is 18.1 Å². The third-order valence-electron chi connectivity index (χ3n) is 1.78. The second-order valence-corrected chi connectivity index (χ2v) is 2.72. The molecule has 5 N–H and O–H groups in total. The van der Waals surface area contributed by atoms with Gasteiger partial charge in [0.15, 0.2) is 0 Å². The van der Waals surface area contributed by atoms with E-state index in [9.17, 15) is 4.79 Å². The highest BCUT2D eigenvalue weighted by molar-refractivity contribution is 6.01. The van der Waals surface area contributed by atoms with E-state index in [4.69, 9.17) is 11.5 Å². The minimum absolute atomic E-state index is 0.119. The zero-order chi connectivity index (χ0) is 10.7. The van der Waals surface area contributed by atoms with Crippen molar-refractivity contribution in [2.45, 2.75) is 13.3 Å². The van der Waals surface area contributed by atoms with Crippen molar-refractivity contribution in [1.29, 1.82) is 0 Å². The van der Waals surface area contributed by atoms with Crippen molar-refractivity contribution in [2.75, 3.05) is 18.1 Å². The molecule has 6 nitrogen and oxygen atoms in total. The fraction of sp³-hybridized carbons (Fsp3) is 0.375. The van der Waals surface area contributed by atoms with Crippen LogP contribution in [0.5, 0.6) is 0 Å². The molecule has 1 amide bonds. The quantitative estimate of drug-likeness (QED) is 0.617. The molecule has 0 aliphatic heterocycles. The number of rotatable bonds is 3. The number of nitrogen functional groups attached to an aromatic ring is 1. The van der Waals surface area contributed by atoms with Crippen molar-refractivity contribution in [3.05, 3.63) is 11.4 Å². The highest BCUT2D eigenvalue weighted by Gasteiger charge is 2.15. The van der Waals surface area contributed by atoms with Gasteiger partial charge in [-0.3, -0.25) is 4.79 Å².